The fraction of sp³-hybridized carbons (Fsp3) is 0.263. The maximum atomic E-state index is 12.2. The van der Waals surface area contributed by atoms with E-state index in [-0.39, 0.29) is 29.5 Å². The van der Waals surface area contributed by atoms with E-state index in [2.05, 4.69) is 0 Å². The van der Waals surface area contributed by atoms with Crippen molar-refractivity contribution in [2.45, 2.75) is 33.5 Å². The second-order valence-electron chi connectivity index (χ2n) is 5.93. The van der Waals surface area contributed by atoms with Crippen LogP contribution in [0.1, 0.15) is 45.7 Å². The summed E-state index contributed by atoms with van der Waals surface area (Å²) in [6.45, 7) is 5.02. The molecule has 2 aromatic rings. The molecule has 0 aliphatic rings. The lowest BCUT2D eigenvalue weighted by Crippen LogP contribution is -2.11. The van der Waals surface area contributed by atoms with Gasteiger partial charge in [0.1, 0.15) is 6.61 Å². The van der Waals surface area contributed by atoms with Crippen LogP contribution in [0.4, 0.5) is 5.69 Å². The number of hydrogen-bond donors (Lipinski definition) is 0. The van der Waals surface area contributed by atoms with Crippen molar-refractivity contribution in [1.29, 1.82) is 0 Å². The monoisotopic (exact) mass is 357 g/mol. The van der Waals surface area contributed by atoms with Crippen LogP contribution in [0, 0.1) is 17.0 Å². The quantitative estimate of drug-likeness (QED) is 0.443. The fourth-order valence-corrected chi connectivity index (χ4v) is 2.29. The summed E-state index contributed by atoms with van der Waals surface area (Å²) >= 11 is 0. The molecule has 0 aliphatic carbocycles. The predicted molar refractivity (Wildman–Crippen MR) is 93.9 cm³/mol. The van der Waals surface area contributed by atoms with Gasteiger partial charge in [-0.1, -0.05) is 18.2 Å². The molecule has 0 N–H and O–H groups in total. The normalized spacial score (nSPS) is 10.5. The van der Waals surface area contributed by atoms with Crippen molar-refractivity contribution in [2.75, 3.05) is 0 Å². The van der Waals surface area contributed by atoms with Crippen molar-refractivity contribution in [3.05, 3.63) is 74.8 Å². The molecule has 26 heavy (non-hydrogen) atoms. The Labute approximate surface area is 150 Å². The van der Waals surface area contributed by atoms with Gasteiger partial charge in [0.15, 0.2) is 0 Å². The van der Waals surface area contributed by atoms with Crippen molar-refractivity contribution in [3.63, 3.8) is 0 Å². The van der Waals surface area contributed by atoms with Gasteiger partial charge in [-0.25, -0.2) is 9.59 Å². The summed E-state index contributed by atoms with van der Waals surface area (Å²) in [6.07, 6.45) is -0.207. The van der Waals surface area contributed by atoms with E-state index < -0.39 is 16.9 Å². The zero-order chi connectivity index (χ0) is 19.3. The Morgan fingerprint density at radius 2 is 1.73 bits per heavy atom. The van der Waals surface area contributed by atoms with Crippen molar-refractivity contribution >= 4 is 17.6 Å². The van der Waals surface area contributed by atoms with Gasteiger partial charge in [-0.2, -0.15) is 0 Å². The Morgan fingerprint density at radius 1 is 1.08 bits per heavy atom. The van der Waals surface area contributed by atoms with Gasteiger partial charge in [0, 0.05) is 11.6 Å². The summed E-state index contributed by atoms with van der Waals surface area (Å²) in [5.74, 6) is -1.06. The molecule has 0 spiro atoms. The van der Waals surface area contributed by atoms with Crippen LogP contribution in [-0.2, 0) is 16.1 Å². The molecule has 2 rings (SSSR count). The number of nitrogens with zero attached hydrogens (tertiary/aromatic N) is 1. The minimum absolute atomic E-state index is 0.0134. The van der Waals surface area contributed by atoms with Crippen LogP contribution in [-0.4, -0.2) is 23.0 Å². The summed E-state index contributed by atoms with van der Waals surface area (Å²) in [5.41, 5.74) is 1.36. The lowest BCUT2D eigenvalue weighted by molar-refractivity contribution is -0.385. The number of nitro benzene ring substituents is 1. The third-order valence-corrected chi connectivity index (χ3v) is 3.62. The minimum atomic E-state index is -0.644. The summed E-state index contributed by atoms with van der Waals surface area (Å²) in [7, 11) is 0. The van der Waals surface area contributed by atoms with Crippen LogP contribution < -0.4 is 0 Å². The number of esters is 2. The van der Waals surface area contributed by atoms with E-state index in [0.717, 1.165) is 0 Å². The van der Waals surface area contributed by atoms with Crippen LogP contribution in [0.3, 0.4) is 0 Å². The average molecular weight is 357 g/mol. The fourth-order valence-electron chi connectivity index (χ4n) is 2.29. The molecule has 0 saturated heterocycles. The number of hydrogen-bond acceptors (Lipinski definition) is 6. The summed E-state index contributed by atoms with van der Waals surface area (Å²) in [5, 5.41) is 10.9. The van der Waals surface area contributed by atoms with Crippen LogP contribution >= 0.6 is 0 Å². The molecule has 0 unspecified atom stereocenters. The molecule has 136 valence electrons. The summed E-state index contributed by atoms with van der Waals surface area (Å²) in [4.78, 5) is 34.4. The smallest absolute Gasteiger partial charge is 0.338 e. The molecule has 0 aromatic heterocycles. The summed E-state index contributed by atoms with van der Waals surface area (Å²) in [6, 6.07) is 10.8. The molecular weight excluding hydrogens is 338 g/mol. The Hall–Kier alpha value is -3.22. The van der Waals surface area contributed by atoms with Crippen molar-refractivity contribution < 1.29 is 24.0 Å². The summed E-state index contributed by atoms with van der Waals surface area (Å²) < 4.78 is 10.3. The van der Waals surface area contributed by atoms with E-state index in [0.29, 0.717) is 11.1 Å². The molecule has 0 fully saturated rings. The van der Waals surface area contributed by atoms with Gasteiger partial charge in [-0.15, -0.1) is 0 Å². The van der Waals surface area contributed by atoms with Crippen molar-refractivity contribution in [2.24, 2.45) is 0 Å². The number of ether oxygens (including phenoxy) is 2. The second kappa shape index (κ2) is 8.24. The molecule has 0 heterocycles. The number of carbonyl (C=O) groups excluding carboxylic acids is 2. The molecular formula is C19H19NO6. The van der Waals surface area contributed by atoms with Gasteiger partial charge in [-0.05, 0) is 44.5 Å². The predicted octanol–water partition coefficient (Wildman–Crippen LogP) is 3.83. The maximum absolute atomic E-state index is 12.2. The average Bonchev–Trinajstić information content (AvgIpc) is 2.59. The standard InChI is InChI=1S/C19H19NO6/c1-12(2)26-18(21)15-9-7-14(8-10-15)11-25-19(22)16-5-4-6-17(13(16)3)20(23)24/h4-10,12H,11H2,1-3H3. The van der Waals surface area contributed by atoms with Crippen molar-refractivity contribution in [3.8, 4) is 0 Å². The van der Waals surface area contributed by atoms with Gasteiger partial charge in [-0.3, -0.25) is 10.1 Å². The highest BCUT2D eigenvalue weighted by molar-refractivity contribution is 5.92. The third kappa shape index (κ3) is 4.66. The Morgan fingerprint density at radius 3 is 2.31 bits per heavy atom. The first kappa shape index (κ1) is 19.1. The molecule has 0 aliphatic heterocycles. The maximum Gasteiger partial charge on any atom is 0.338 e. The van der Waals surface area contributed by atoms with Gasteiger partial charge >= 0.3 is 11.9 Å². The van der Waals surface area contributed by atoms with Crippen LogP contribution in [0.25, 0.3) is 0 Å². The number of benzene rings is 2. The highest BCUT2D eigenvalue weighted by Crippen LogP contribution is 2.22. The minimum Gasteiger partial charge on any atom is -0.459 e. The number of carbonyl (C=O) groups is 2. The molecule has 2 aromatic carbocycles. The number of rotatable bonds is 6. The molecule has 0 bridgehead atoms. The van der Waals surface area contributed by atoms with Crippen LogP contribution in [0.2, 0.25) is 0 Å². The van der Waals surface area contributed by atoms with Crippen LogP contribution in [0.5, 0.6) is 0 Å². The first-order valence-electron chi connectivity index (χ1n) is 8.00. The van der Waals surface area contributed by atoms with Crippen molar-refractivity contribution in [1.82, 2.24) is 0 Å². The Balaban J connectivity index is 2.03. The highest BCUT2D eigenvalue weighted by Gasteiger charge is 2.19. The van der Waals surface area contributed by atoms with Gasteiger partial charge in [0.2, 0.25) is 0 Å². The lowest BCUT2D eigenvalue weighted by Gasteiger charge is -2.09. The molecule has 0 radical (unpaired) electrons. The highest BCUT2D eigenvalue weighted by atomic mass is 16.6. The van der Waals surface area contributed by atoms with E-state index in [9.17, 15) is 19.7 Å². The molecule has 7 nitrogen and oxygen atoms in total. The van der Waals surface area contributed by atoms with E-state index >= 15 is 0 Å². The second-order valence-corrected chi connectivity index (χ2v) is 5.93. The van der Waals surface area contributed by atoms with E-state index in [1.54, 1.807) is 38.1 Å². The van der Waals surface area contributed by atoms with Gasteiger partial charge in [0.05, 0.1) is 22.2 Å². The van der Waals surface area contributed by atoms with E-state index in [1.165, 1.54) is 25.1 Å². The van der Waals surface area contributed by atoms with Gasteiger partial charge in [0.25, 0.3) is 5.69 Å². The molecule has 0 atom stereocenters. The molecule has 7 heteroatoms. The largest absolute Gasteiger partial charge is 0.459 e. The third-order valence-electron chi connectivity index (χ3n) is 3.62. The molecule has 0 amide bonds. The molecule has 0 saturated carbocycles. The van der Waals surface area contributed by atoms with E-state index in [4.69, 9.17) is 9.47 Å². The lowest BCUT2D eigenvalue weighted by atomic mass is 10.1. The van der Waals surface area contributed by atoms with Crippen LogP contribution in [0.15, 0.2) is 42.5 Å². The van der Waals surface area contributed by atoms with E-state index in [1.807, 2.05) is 0 Å². The zero-order valence-corrected chi connectivity index (χ0v) is 14.7. The first-order valence-corrected chi connectivity index (χ1v) is 8.00. The first-order chi connectivity index (χ1) is 12.3. The Kier molecular flexibility index (Phi) is 6.06. The SMILES string of the molecule is Cc1c(C(=O)OCc2ccc(C(=O)OC(C)C)cc2)cccc1[N+](=O)[O-]. The topological polar surface area (TPSA) is 95.7 Å². The number of nitro groups is 1. The Bertz CT molecular complexity index is 826. The van der Waals surface area contributed by atoms with Gasteiger partial charge < -0.3 is 9.47 Å². The zero-order valence-electron chi connectivity index (χ0n) is 14.7.